The lowest BCUT2D eigenvalue weighted by molar-refractivity contribution is -0.122. The third-order valence-electron chi connectivity index (χ3n) is 4.63. The second-order valence-electron chi connectivity index (χ2n) is 6.75. The summed E-state index contributed by atoms with van der Waals surface area (Å²) in [5.41, 5.74) is 1.08. The van der Waals surface area contributed by atoms with Crippen LogP contribution in [0.15, 0.2) is 24.3 Å². The van der Waals surface area contributed by atoms with Crippen molar-refractivity contribution in [3.63, 3.8) is 0 Å². The lowest BCUT2D eigenvalue weighted by Crippen LogP contribution is -2.48. The van der Waals surface area contributed by atoms with Gasteiger partial charge < -0.3 is 10.2 Å². The minimum Gasteiger partial charge on any atom is -0.369 e. The van der Waals surface area contributed by atoms with E-state index in [1.54, 1.807) is 0 Å². The number of anilines is 1. The fourth-order valence-corrected chi connectivity index (χ4v) is 3.22. The molecule has 5 heteroatoms. The van der Waals surface area contributed by atoms with Crippen molar-refractivity contribution < 1.29 is 9.18 Å². The van der Waals surface area contributed by atoms with Crippen LogP contribution in [0.2, 0.25) is 0 Å². The fraction of sp³-hybridized carbons (Fsp3) is 0.632. The monoisotopic (exact) mass is 335 g/mol. The number of hydrogen-bond acceptors (Lipinski definition) is 3. The first-order chi connectivity index (χ1) is 11.6. The molecule has 1 atom stereocenters. The van der Waals surface area contributed by atoms with Gasteiger partial charge in [-0.05, 0) is 30.2 Å². The average molecular weight is 335 g/mol. The highest BCUT2D eigenvalue weighted by atomic mass is 19.1. The molecule has 1 aromatic carbocycles. The standard InChI is InChI=1S/C19H30FN3O/c1-3-4-16(2)15-19(24)21-9-10-22-11-13-23(14-12-22)18-7-5-17(20)6-8-18/h5-8,16H,3-4,9-15H2,1-2H3,(H,21,24). The summed E-state index contributed by atoms with van der Waals surface area (Å²) in [5, 5.41) is 3.03. The number of halogens is 1. The molecule has 1 saturated heterocycles. The lowest BCUT2D eigenvalue weighted by Gasteiger charge is -2.36. The molecule has 134 valence electrons. The molecule has 1 amide bonds. The Bertz CT molecular complexity index is 498. The zero-order valence-corrected chi connectivity index (χ0v) is 14.9. The summed E-state index contributed by atoms with van der Waals surface area (Å²) in [5.74, 6) is 0.441. The van der Waals surface area contributed by atoms with Crippen LogP contribution < -0.4 is 10.2 Å². The summed E-state index contributed by atoms with van der Waals surface area (Å²) in [6, 6.07) is 6.69. The van der Waals surface area contributed by atoms with Gasteiger partial charge in [-0.3, -0.25) is 9.69 Å². The van der Waals surface area contributed by atoms with Gasteiger partial charge in [-0.2, -0.15) is 0 Å². The maximum atomic E-state index is 13.0. The van der Waals surface area contributed by atoms with Crippen molar-refractivity contribution in [2.75, 3.05) is 44.2 Å². The molecule has 0 radical (unpaired) electrons. The summed E-state index contributed by atoms with van der Waals surface area (Å²) < 4.78 is 13.0. The van der Waals surface area contributed by atoms with Crippen LogP contribution in [0.4, 0.5) is 10.1 Å². The van der Waals surface area contributed by atoms with Gasteiger partial charge in [-0.25, -0.2) is 4.39 Å². The van der Waals surface area contributed by atoms with Crippen LogP contribution in [0.3, 0.4) is 0 Å². The Morgan fingerprint density at radius 1 is 1.21 bits per heavy atom. The van der Waals surface area contributed by atoms with Gasteiger partial charge in [0.2, 0.25) is 5.91 Å². The minimum atomic E-state index is -0.193. The molecule has 1 N–H and O–H groups in total. The predicted molar refractivity (Wildman–Crippen MR) is 96.8 cm³/mol. The Kier molecular flexibility index (Phi) is 7.50. The summed E-state index contributed by atoms with van der Waals surface area (Å²) >= 11 is 0. The topological polar surface area (TPSA) is 35.6 Å². The maximum absolute atomic E-state index is 13.0. The predicted octanol–water partition coefficient (Wildman–Crippen LogP) is 2.89. The molecular formula is C19H30FN3O. The normalized spacial score (nSPS) is 16.9. The van der Waals surface area contributed by atoms with E-state index < -0.39 is 0 Å². The third-order valence-corrected chi connectivity index (χ3v) is 4.63. The number of carbonyl (C=O) groups is 1. The smallest absolute Gasteiger partial charge is 0.220 e. The number of nitrogens with one attached hydrogen (secondary N) is 1. The number of piperazine rings is 1. The SMILES string of the molecule is CCCC(C)CC(=O)NCCN1CCN(c2ccc(F)cc2)CC1. The Hall–Kier alpha value is -1.62. The van der Waals surface area contributed by atoms with E-state index in [4.69, 9.17) is 0 Å². The van der Waals surface area contributed by atoms with E-state index in [0.29, 0.717) is 18.9 Å². The van der Waals surface area contributed by atoms with Crippen LogP contribution in [0.1, 0.15) is 33.1 Å². The third kappa shape index (κ3) is 6.11. The van der Waals surface area contributed by atoms with E-state index in [9.17, 15) is 9.18 Å². The Labute approximate surface area is 145 Å². The van der Waals surface area contributed by atoms with Crippen LogP contribution >= 0.6 is 0 Å². The first kappa shape index (κ1) is 18.7. The molecular weight excluding hydrogens is 305 g/mol. The van der Waals surface area contributed by atoms with Gasteiger partial charge in [0.1, 0.15) is 5.82 Å². The number of rotatable bonds is 8. The highest BCUT2D eigenvalue weighted by Crippen LogP contribution is 2.16. The number of benzene rings is 1. The molecule has 0 aliphatic carbocycles. The Morgan fingerprint density at radius 3 is 2.50 bits per heavy atom. The number of nitrogens with zero attached hydrogens (tertiary/aromatic N) is 2. The van der Waals surface area contributed by atoms with Crippen LogP contribution in [0.25, 0.3) is 0 Å². The molecule has 24 heavy (non-hydrogen) atoms. The van der Waals surface area contributed by atoms with Gasteiger partial charge in [-0.15, -0.1) is 0 Å². The molecule has 0 spiro atoms. The maximum Gasteiger partial charge on any atom is 0.220 e. The van der Waals surface area contributed by atoms with Crippen molar-refractivity contribution in [3.8, 4) is 0 Å². The van der Waals surface area contributed by atoms with Crippen molar-refractivity contribution in [1.82, 2.24) is 10.2 Å². The quantitative estimate of drug-likeness (QED) is 0.793. The van der Waals surface area contributed by atoms with Gasteiger partial charge in [0.25, 0.3) is 0 Å². The molecule has 0 aromatic heterocycles. The molecule has 0 bridgehead atoms. The molecule has 4 nitrogen and oxygen atoms in total. The van der Waals surface area contributed by atoms with E-state index in [0.717, 1.165) is 51.3 Å². The van der Waals surface area contributed by atoms with Gasteiger partial charge >= 0.3 is 0 Å². The van der Waals surface area contributed by atoms with Crippen LogP contribution in [0.5, 0.6) is 0 Å². The van der Waals surface area contributed by atoms with Gasteiger partial charge in [-0.1, -0.05) is 26.7 Å². The molecule has 2 rings (SSSR count). The van der Waals surface area contributed by atoms with Crippen molar-refractivity contribution in [2.45, 2.75) is 33.1 Å². The van der Waals surface area contributed by atoms with E-state index in [2.05, 4.69) is 29.0 Å². The van der Waals surface area contributed by atoms with Crippen LogP contribution in [-0.2, 0) is 4.79 Å². The molecule has 1 aliphatic heterocycles. The van der Waals surface area contributed by atoms with Crippen molar-refractivity contribution in [2.24, 2.45) is 5.92 Å². The van der Waals surface area contributed by atoms with Crippen LogP contribution in [-0.4, -0.2) is 50.1 Å². The van der Waals surface area contributed by atoms with Crippen molar-refractivity contribution >= 4 is 11.6 Å². The van der Waals surface area contributed by atoms with Crippen molar-refractivity contribution in [1.29, 1.82) is 0 Å². The molecule has 1 aromatic rings. The Balaban J connectivity index is 1.63. The van der Waals surface area contributed by atoms with Crippen LogP contribution in [0, 0.1) is 11.7 Å². The van der Waals surface area contributed by atoms with E-state index in [1.165, 1.54) is 12.1 Å². The number of amides is 1. The fourth-order valence-electron chi connectivity index (χ4n) is 3.22. The first-order valence-corrected chi connectivity index (χ1v) is 9.08. The number of hydrogen-bond donors (Lipinski definition) is 1. The molecule has 1 fully saturated rings. The summed E-state index contributed by atoms with van der Waals surface area (Å²) in [6.07, 6.45) is 2.87. The van der Waals surface area contributed by atoms with Gasteiger partial charge in [0.05, 0.1) is 0 Å². The van der Waals surface area contributed by atoms with E-state index >= 15 is 0 Å². The molecule has 1 unspecified atom stereocenters. The summed E-state index contributed by atoms with van der Waals surface area (Å²) in [6.45, 7) is 9.72. The second kappa shape index (κ2) is 9.62. The van der Waals surface area contributed by atoms with E-state index in [-0.39, 0.29) is 11.7 Å². The summed E-state index contributed by atoms with van der Waals surface area (Å²) in [4.78, 5) is 16.5. The number of carbonyl (C=O) groups excluding carboxylic acids is 1. The molecule has 0 saturated carbocycles. The van der Waals surface area contributed by atoms with Gasteiger partial charge in [0.15, 0.2) is 0 Å². The first-order valence-electron chi connectivity index (χ1n) is 9.08. The summed E-state index contributed by atoms with van der Waals surface area (Å²) in [7, 11) is 0. The van der Waals surface area contributed by atoms with E-state index in [1.807, 2.05) is 12.1 Å². The zero-order valence-electron chi connectivity index (χ0n) is 14.9. The lowest BCUT2D eigenvalue weighted by atomic mass is 10.0. The average Bonchev–Trinajstić information content (AvgIpc) is 2.56. The highest BCUT2D eigenvalue weighted by Gasteiger charge is 2.17. The van der Waals surface area contributed by atoms with Gasteiger partial charge in [0, 0.05) is 51.4 Å². The van der Waals surface area contributed by atoms with Crippen molar-refractivity contribution in [3.05, 3.63) is 30.1 Å². The zero-order chi connectivity index (χ0) is 17.4. The molecule has 1 heterocycles. The Morgan fingerprint density at radius 2 is 1.88 bits per heavy atom. The largest absolute Gasteiger partial charge is 0.369 e. The minimum absolute atomic E-state index is 0.167. The highest BCUT2D eigenvalue weighted by molar-refractivity contribution is 5.76. The second-order valence-corrected chi connectivity index (χ2v) is 6.75. The molecule has 1 aliphatic rings.